The lowest BCUT2D eigenvalue weighted by molar-refractivity contribution is -0.887. The van der Waals surface area contributed by atoms with Crippen LogP contribution in [0.15, 0.2) is 30.3 Å². The molecule has 0 amide bonds. The third kappa shape index (κ3) is 9.64. The number of likely N-dealkylation sites (N-methyl/N-ethyl adjacent to an activating group) is 1. The van der Waals surface area contributed by atoms with E-state index in [9.17, 15) is 4.79 Å². The van der Waals surface area contributed by atoms with Crippen LogP contribution in [-0.2, 0) is 16.1 Å². The molecule has 0 heterocycles. The first-order valence-electron chi connectivity index (χ1n) is 9.97. The van der Waals surface area contributed by atoms with Crippen molar-refractivity contribution in [1.82, 2.24) is 0 Å². The minimum atomic E-state index is -0.0798. The standard InChI is InChI=1S/C22H38NO2/c1-5-6-7-8-9-10-11-15-18-21(23(2,3)4)22(24)25-19-20-16-13-12-14-17-20/h12-14,16-17,21H,5-11,15,18-19H2,1-4H3/q+1. The average Bonchev–Trinajstić information content (AvgIpc) is 2.58. The number of quaternary nitrogens is 1. The Bertz CT molecular complexity index is 465. The number of rotatable bonds is 13. The summed E-state index contributed by atoms with van der Waals surface area (Å²) < 4.78 is 6.21. The molecule has 142 valence electrons. The SMILES string of the molecule is CCCCCCCCCCC(C(=O)OCc1ccccc1)[N+](C)(C)C. The highest BCUT2D eigenvalue weighted by molar-refractivity contribution is 5.74. The summed E-state index contributed by atoms with van der Waals surface area (Å²) >= 11 is 0. The summed E-state index contributed by atoms with van der Waals surface area (Å²) in [6.07, 6.45) is 11.2. The molecule has 3 nitrogen and oxygen atoms in total. The number of esters is 1. The van der Waals surface area contributed by atoms with Crippen LogP contribution in [0.5, 0.6) is 0 Å². The van der Waals surface area contributed by atoms with E-state index in [1.807, 2.05) is 30.3 Å². The van der Waals surface area contributed by atoms with Crippen LogP contribution in [0.1, 0.15) is 70.3 Å². The van der Waals surface area contributed by atoms with Crippen LogP contribution in [0.2, 0.25) is 0 Å². The third-order valence-corrected chi connectivity index (χ3v) is 4.76. The zero-order chi connectivity index (χ0) is 18.5. The molecule has 0 radical (unpaired) electrons. The van der Waals surface area contributed by atoms with Gasteiger partial charge in [0, 0.05) is 6.42 Å². The Morgan fingerprint density at radius 2 is 1.48 bits per heavy atom. The van der Waals surface area contributed by atoms with E-state index >= 15 is 0 Å². The molecule has 1 aromatic rings. The number of hydrogen-bond donors (Lipinski definition) is 0. The fraction of sp³-hybridized carbons (Fsp3) is 0.682. The largest absolute Gasteiger partial charge is 0.456 e. The molecular formula is C22H38NO2+. The van der Waals surface area contributed by atoms with Crippen molar-refractivity contribution >= 4 is 5.97 Å². The molecule has 1 aromatic carbocycles. The maximum atomic E-state index is 12.6. The number of hydrogen-bond acceptors (Lipinski definition) is 2. The summed E-state index contributed by atoms with van der Waals surface area (Å²) in [5, 5.41) is 0. The molecule has 0 spiro atoms. The van der Waals surface area contributed by atoms with Crippen molar-refractivity contribution in [2.45, 2.75) is 77.4 Å². The molecule has 1 rings (SSSR count). The minimum absolute atomic E-state index is 0.0701. The molecule has 0 aliphatic carbocycles. The number of nitrogens with zero attached hydrogens (tertiary/aromatic N) is 1. The van der Waals surface area contributed by atoms with E-state index in [1.54, 1.807) is 0 Å². The fourth-order valence-electron chi connectivity index (χ4n) is 3.12. The first-order valence-corrected chi connectivity index (χ1v) is 9.97. The van der Waals surface area contributed by atoms with Gasteiger partial charge in [0.2, 0.25) is 0 Å². The second kappa shape index (κ2) is 12.1. The molecule has 0 aromatic heterocycles. The Morgan fingerprint density at radius 3 is 2.04 bits per heavy atom. The van der Waals surface area contributed by atoms with Crippen LogP contribution < -0.4 is 0 Å². The number of ether oxygens (including phenoxy) is 1. The van der Waals surface area contributed by atoms with E-state index in [4.69, 9.17) is 4.74 Å². The predicted molar refractivity (Wildman–Crippen MR) is 105 cm³/mol. The third-order valence-electron chi connectivity index (χ3n) is 4.76. The molecule has 1 atom stereocenters. The van der Waals surface area contributed by atoms with E-state index in [2.05, 4.69) is 28.1 Å². The van der Waals surface area contributed by atoms with Gasteiger partial charge in [-0.25, -0.2) is 4.79 Å². The predicted octanol–water partition coefficient (Wildman–Crippen LogP) is 5.34. The van der Waals surface area contributed by atoms with E-state index in [0.29, 0.717) is 11.1 Å². The summed E-state index contributed by atoms with van der Waals surface area (Å²) in [5.41, 5.74) is 1.04. The molecular weight excluding hydrogens is 310 g/mol. The Hall–Kier alpha value is -1.35. The van der Waals surface area contributed by atoms with Crippen LogP contribution in [0.25, 0.3) is 0 Å². The van der Waals surface area contributed by atoms with Gasteiger partial charge in [0.15, 0.2) is 6.04 Å². The molecule has 0 aliphatic heterocycles. The molecule has 1 unspecified atom stereocenters. The van der Waals surface area contributed by atoms with E-state index in [1.165, 1.54) is 44.9 Å². The van der Waals surface area contributed by atoms with Crippen molar-refractivity contribution in [3.63, 3.8) is 0 Å². The quantitative estimate of drug-likeness (QED) is 0.273. The molecule has 0 aliphatic rings. The number of carbonyl (C=O) groups excluding carboxylic acids is 1. The summed E-state index contributed by atoms with van der Waals surface area (Å²) in [7, 11) is 6.25. The van der Waals surface area contributed by atoms with Crippen LogP contribution in [0, 0.1) is 0 Å². The van der Waals surface area contributed by atoms with Crippen molar-refractivity contribution in [2.75, 3.05) is 21.1 Å². The van der Waals surface area contributed by atoms with E-state index in [0.717, 1.165) is 18.4 Å². The Kier molecular flexibility index (Phi) is 10.5. The number of unbranched alkanes of at least 4 members (excludes halogenated alkanes) is 7. The maximum Gasteiger partial charge on any atom is 0.365 e. The zero-order valence-corrected chi connectivity index (χ0v) is 16.8. The van der Waals surface area contributed by atoms with Gasteiger partial charge in [-0.1, -0.05) is 82.2 Å². The summed E-state index contributed by atoms with van der Waals surface area (Å²) in [6, 6.07) is 9.83. The lowest BCUT2D eigenvalue weighted by Crippen LogP contribution is -2.50. The highest BCUT2D eigenvalue weighted by Gasteiger charge is 2.32. The molecule has 0 fully saturated rings. The summed E-state index contributed by atoms with van der Waals surface area (Å²) in [5.74, 6) is -0.0701. The van der Waals surface area contributed by atoms with Crippen LogP contribution in [-0.4, -0.2) is 37.6 Å². The lowest BCUT2D eigenvalue weighted by atomic mass is 10.0. The Balaban J connectivity index is 2.32. The van der Waals surface area contributed by atoms with Gasteiger partial charge in [-0.2, -0.15) is 0 Å². The van der Waals surface area contributed by atoms with Gasteiger partial charge >= 0.3 is 5.97 Å². The monoisotopic (exact) mass is 348 g/mol. The fourth-order valence-corrected chi connectivity index (χ4v) is 3.12. The Labute approximate surface area is 155 Å². The maximum absolute atomic E-state index is 12.6. The van der Waals surface area contributed by atoms with E-state index < -0.39 is 0 Å². The van der Waals surface area contributed by atoms with Crippen LogP contribution >= 0.6 is 0 Å². The normalized spacial score (nSPS) is 12.8. The van der Waals surface area contributed by atoms with Crippen molar-refractivity contribution in [3.8, 4) is 0 Å². The van der Waals surface area contributed by atoms with Crippen LogP contribution in [0.4, 0.5) is 0 Å². The van der Waals surface area contributed by atoms with Crippen molar-refractivity contribution in [3.05, 3.63) is 35.9 Å². The Morgan fingerprint density at radius 1 is 0.920 bits per heavy atom. The summed E-state index contributed by atoms with van der Waals surface area (Å²) in [6.45, 7) is 2.62. The zero-order valence-electron chi connectivity index (χ0n) is 16.8. The first-order chi connectivity index (χ1) is 11.9. The second-order valence-corrected chi connectivity index (χ2v) is 7.99. The van der Waals surface area contributed by atoms with Gasteiger partial charge in [0.05, 0.1) is 21.1 Å². The smallest absolute Gasteiger partial charge is 0.365 e. The van der Waals surface area contributed by atoms with Crippen LogP contribution in [0.3, 0.4) is 0 Å². The molecule has 0 N–H and O–H groups in total. The summed E-state index contributed by atoms with van der Waals surface area (Å²) in [4.78, 5) is 12.6. The van der Waals surface area contributed by atoms with Crippen molar-refractivity contribution in [2.24, 2.45) is 0 Å². The molecule has 0 saturated heterocycles. The lowest BCUT2D eigenvalue weighted by Gasteiger charge is -2.32. The van der Waals surface area contributed by atoms with Gasteiger partial charge < -0.3 is 9.22 Å². The van der Waals surface area contributed by atoms with Gasteiger partial charge in [-0.15, -0.1) is 0 Å². The number of benzene rings is 1. The van der Waals surface area contributed by atoms with E-state index in [-0.39, 0.29) is 12.0 Å². The average molecular weight is 349 g/mol. The molecule has 0 bridgehead atoms. The molecule has 0 saturated carbocycles. The van der Waals surface area contributed by atoms with Gasteiger partial charge in [-0.05, 0) is 12.0 Å². The topological polar surface area (TPSA) is 26.3 Å². The second-order valence-electron chi connectivity index (χ2n) is 7.99. The van der Waals surface area contributed by atoms with Gasteiger partial charge in [0.25, 0.3) is 0 Å². The van der Waals surface area contributed by atoms with Crippen molar-refractivity contribution < 1.29 is 14.0 Å². The molecule has 3 heteroatoms. The molecule has 25 heavy (non-hydrogen) atoms. The van der Waals surface area contributed by atoms with Gasteiger partial charge in [0.1, 0.15) is 6.61 Å². The first kappa shape index (κ1) is 21.7. The van der Waals surface area contributed by atoms with Gasteiger partial charge in [-0.3, -0.25) is 0 Å². The minimum Gasteiger partial charge on any atom is -0.456 e. The highest BCUT2D eigenvalue weighted by Crippen LogP contribution is 2.17. The number of carbonyl (C=O) groups is 1. The highest BCUT2D eigenvalue weighted by atomic mass is 16.5. The van der Waals surface area contributed by atoms with Crippen molar-refractivity contribution in [1.29, 1.82) is 0 Å².